The van der Waals surface area contributed by atoms with E-state index in [1.54, 1.807) is 42.5 Å². The number of anilines is 1. The van der Waals surface area contributed by atoms with Crippen molar-refractivity contribution in [3.8, 4) is 5.75 Å². The lowest BCUT2D eigenvalue weighted by Crippen LogP contribution is -2.48. The van der Waals surface area contributed by atoms with Crippen LogP contribution in [0.4, 0.5) is 19.0 Å². The minimum absolute atomic E-state index is 0.0917. The molecule has 12 heteroatoms. The number of aromatic nitrogens is 1. The van der Waals surface area contributed by atoms with E-state index in [0.29, 0.717) is 34.0 Å². The lowest BCUT2D eigenvalue weighted by Gasteiger charge is -2.43. The van der Waals surface area contributed by atoms with Gasteiger partial charge >= 0.3 is 6.18 Å². The first-order valence-electron chi connectivity index (χ1n) is 11.8. The molecule has 0 saturated carbocycles. The number of carbonyl (C=O) groups is 2. The molecule has 0 bridgehead atoms. The van der Waals surface area contributed by atoms with Gasteiger partial charge in [-0.05, 0) is 53.5 Å². The van der Waals surface area contributed by atoms with Crippen molar-refractivity contribution >= 4 is 52.4 Å². The minimum Gasteiger partial charge on any atom is -0.508 e. The standard InChI is InChI=1S/C28H19Cl3F3N3O3/c1-2-14-3-10-20-25(39)37(36-24-22(31)11-16(13-35-24)28(32,33)34)26(40)27(20,15-4-6-17(29)7-5-15)23(14)19-9-8-18(38)12-21(19)30/h2-9,11-13,20,23,38H,1,10H2,(H,35,36)/t20-,23+,27+/m0/s1. The predicted molar refractivity (Wildman–Crippen MR) is 145 cm³/mol. The van der Waals surface area contributed by atoms with E-state index in [0.717, 1.165) is 5.01 Å². The Bertz CT molecular complexity index is 1580. The van der Waals surface area contributed by atoms with E-state index in [1.165, 1.54) is 12.1 Å². The number of fused-ring (bicyclic) bond motifs is 1. The third-order valence-corrected chi connectivity index (χ3v) is 8.11. The molecule has 40 heavy (non-hydrogen) atoms. The van der Waals surface area contributed by atoms with Crippen LogP contribution in [-0.4, -0.2) is 26.9 Å². The number of carbonyl (C=O) groups excluding carboxylic acids is 2. The Morgan fingerprint density at radius 2 is 1.77 bits per heavy atom. The van der Waals surface area contributed by atoms with E-state index in [1.807, 2.05) is 0 Å². The zero-order valence-corrected chi connectivity index (χ0v) is 22.6. The van der Waals surface area contributed by atoms with Gasteiger partial charge in [0.05, 0.1) is 21.9 Å². The summed E-state index contributed by atoms with van der Waals surface area (Å²) >= 11 is 18.8. The summed E-state index contributed by atoms with van der Waals surface area (Å²) in [7, 11) is 0. The van der Waals surface area contributed by atoms with Gasteiger partial charge in [-0.3, -0.25) is 15.0 Å². The summed E-state index contributed by atoms with van der Waals surface area (Å²) in [6, 6.07) is 11.4. The van der Waals surface area contributed by atoms with Crippen LogP contribution in [0.15, 0.2) is 79.0 Å². The lowest BCUT2D eigenvalue weighted by molar-refractivity contribution is -0.139. The summed E-state index contributed by atoms with van der Waals surface area (Å²) in [6.45, 7) is 3.90. The molecule has 206 valence electrons. The van der Waals surface area contributed by atoms with E-state index < -0.39 is 45.8 Å². The number of benzene rings is 2. The van der Waals surface area contributed by atoms with E-state index in [2.05, 4.69) is 17.0 Å². The number of imide groups is 1. The third-order valence-electron chi connectivity index (χ3n) is 7.24. The number of nitrogens with zero attached hydrogens (tertiary/aromatic N) is 2. The van der Waals surface area contributed by atoms with Crippen LogP contribution in [-0.2, 0) is 21.2 Å². The zero-order valence-electron chi connectivity index (χ0n) is 20.3. The molecule has 2 heterocycles. The number of hydrogen-bond acceptors (Lipinski definition) is 5. The van der Waals surface area contributed by atoms with Crippen LogP contribution in [0.1, 0.15) is 29.0 Å². The molecule has 3 aromatic rings. The van der Waals surface area contributed by atoms with Gasteiger partial charge in [-0.2, -0.15) is 18.2 Å². The number of phenols is 1. The molecular formula is C28H19Cl3F3N3O3. The highest BCUT2D eigenvalue weighted by atomic mass is 35.5. The largest absolute Gasteiger partial charge is 0.508 e. The Hall–Kier alpha value is -3.53. The maximum atomic E-state index is 14.5. The third kappa shape index (κ3) is 4.42. The highest BCUT2D eigenvalue weighted by Gasteiger charge is 2.66. The summed E-state index contributed by atoms with van der Waals surface area (Å²) in [6.07, 6.45) is -0.627. The molecule has 1 saturated heterocycles. The van der Waals surface area contributed by atoms with E-state index >= 15 is 0 Å². The molecule has 5 rings (SSSR count). The van der Waals surface area contributed by atoms with Crippen LogP contribution < -0.4 is 5.43 Å². The Morgan fingerprint density at radius 3 is 2.38 bits per heavy atom. The Labute approximate surface area is 241 Å². The van der Waals surface area contributed by atoms with Gasteiger partial charge in [0.15, 0.2) is 5.82 Å². The normalized spacial score (nSPS) is 22.6. The summed E-state index contributed by atoms with van der Waals surface area (Å²) in [5, 5.41) is 10.9. The van der Waals surface area contributed by atoms with Gasteiger partial charge in [-0.1, -0.05) is 71.7 Å². The highest BCUT2D eigenvalue weighted by Crippen LogP contribution is 2.58. The second-order valence-electron chi connectivity index (χ2n) is 9.35. The molecule has 0 spiro atoms. The van der Waals surface area contributed by atoms with Crippen LogP contribution >= 0.6 is 34.8 Å². The van der Waals surface area contributed by atoms with Crippen LogP contribution in [0.5, 0.6) is 5.75 Å². The Morgan fingerprint density at radius 1 is 1.07 bits per heavy atom. The maximum absolute atomic E-state index is 14.5. The second-order valence-corrected chi connectivity index (χ2v) is 10.6. The number of allylic oxidation sites excluding steroid dienone is 3. The molecule has 2 N–H and O–H groups in total. The van der Waals surface area contributed by atoms with Gasteiger partial charge < -0.3 is 5.11 Å². The van der Waals surface area contributed by atoms with E-state index in [9.17, 15) is 27.9 Å². The quantitative estimate of drug-likeness (QED) is 0.297. The van der Waals surface area contributed by atoms with Gasteiger partial charge in [0.2, 0.25) is 0 Å². The maximum Gasteiger partial charge on any atom is 0.417 e. The zero-order chi connectivity index (χ0) is 29.0. The summed E-state index contributed by atoms with van der Waals surface area (Å²) < 4.78 is 39.4. The van der Waals surface area contributed by atoms with Crippen molar-refractivity contribution < 1.29 is 27.9 Å². The summed E-state index contributed by atoms with van der Waals surface area (Å²) in [5.41, 5.74) is 1.42. The molecule has 3 atom stereocenters. The molecule has 2 aliphatic rings. The highest BCUT2D eigenvalue weighted by molar-refractivity contribution is 6.33. The number of phenolic OH excluding ortho intramolecular Hbond substituents is 1. The molecule has 6 nitrogen and oxygen atoms in total. The second kappa shape index (κ2) is 10.1. The Balaban J connectivity index is 1.70. The van der Waals surface area contributed by atoms with Crippen LogP contribution in [0, 0.1) is 5.92 Å². The van der Waals surface area contributed by atoms with Crippen molar-refractivity contribution in [2.45, 2.75) is 23.9 Å². The smallest absolute Gasteiger partial charge is 0.417 e. The van der Waals surface area contributed by atoms with Crippen molar-refractivity contribution in [2.75, 3.05) is 5.43 Å². The summed E-state index contributed by atoms with van der Waals surface area (Å²) in [4.78, 5) is 32.1. The predicted octanol–water partition coefficient (Wildman–Crippen LogP) is 7.32. The molecule has 2 aromatic carbocycles. The summed E-state index contributed by atoms with van der Waals surface area (Å²) in [5.74, 6) is -3.54. The van der Waals surface area contributed by atoms with E-state index in [4.69, 9.17) is 34.8 Å². The Kier molecular flexibility index (Phi) is 7.10. The number of pyridine rings is 1. The van der Waals surface area contributed by atoms with Crippen molar-refractivity contribution in [1.82, 2.24) is 9.99 Å². The van der Waals surface area contributed by atoms with Crippen LogP contribution in [0.3, 0.4) is 0 Å². The molecule has 1 aliphatic heterocycles. The fourth-order valence-electron chi connectivity index (χ4n) is 5.51. The first-order valence-corrected chi connectivity index (χ1v) is 13.0. The fraction of sp³-hybridized carbons (Fsp3) is 0.179. The fourth-order valence-corrected chi connectivity index (χ4v) is 6.13. The first kappa shape index (κ1) is 28.0. The molecule has 1 aromatic heterocycles. The van der Waals surface area contributed by atoms with Gasteiger partial charge in [0.1, 0.15) is 5.75 Å². The average molecular weight is 609 g/mol. The van der Waals surface area contributed by atoms with Crippen LogP contribution in [0.25, 0.3) is 0 Å². The molecule has 2 amide bonds. The number of hydrogen-bond donors (Lipinski definition) is 2. The molecule has 0 unspecified atom stereocenters. The average Bonchev–Trinajstić information content (AvgIpc) is 3.11. The minimum atomic E-state index is -4.69. The number of hydrazine groups is 1. The van der Waals surface area contributed by atoms with Crippen molar-refractivity contribution in [3.05, 3.63) is 111 Å². The number of rotatable bonds is 5. The number of amides is 2. The lowest BCUT2D eigenvalue weighted by atomic mass is 9.56. The van der Waals surface area contributed by atoms with Crippen molar-refractivity contribution in [1.29, 1.82) is 0 Å². The molecule has 1 fully saturated rings. The van der Waals surface area contributed by atoms with Gasteiger partial charge in [0, 0.05) is 22.2 Å². The van der Waals surface area contributed by atoms with Crippen LogP contribution in [0.2, 0.25) is 15.1 Å². The molecule has 0 radical (unpaired) electrons. The van der Waals surface area contributed by atoms with E-state index in [-0.39, 0.29) is 23.0 Å². The molecular weight excluding hydrogens is 590 g/mol. The number of nitrogens with one attached hydrogen (secondary N) is 1. The number of halogens is 6. The molecule has 1 aliphatic carbocycles. The SMILES string of the molecule is C=CC1=CC[C@H]2C(=O)N(Nc3ncc(C(F)(F)F)cc3Cl)C(=O)[C@@]2(c2ccc(Cl)cc2)[C@H]1c1ccc(O)cc1Cl. The van der Waals surface area contributed by atoms with Gasteiger partial charge in [-0.15, -0.1) is 0 Å². The van der Waals surface area contributed by atoms with Crippen molar-refractivity contribution in [3.63, 3.8) is 0 Å². The van der Waals surface area contributed by atoms with Gasteiger partial charge in [0.25, 0.3) is 11.8 Å². The van der Waals surface area contributed by atoms with Gasteiger partial charge in [-0.25, -0.2) is 4.98 Å². The monoisotopic (exact) mass is 607 g/mol. The number of aromatic hydroxyl groups is 1. The first-order chi connectivity index (χ1) is 18.9. The van der Waals surface area contributed by atoms with Crippen molar-refractivity contribution in [2.24, 2.45) is 5.92 Å². The number of alkyl halides is 3. The topological polar surface area (TPSA) is 82.5 Å².